The molecule has 24 heavy (non-hydrogen) atoms. The molecule has 1 amide bonds. The van der Waals surface area contributed by atoms with E-state index in [9.17, 15) is 9.18 Å². The predicted octanol–water partition coefficient (Wildman–Crippen LogP) is 1.41. The van der Waals surface area contributed by atoms with Gasteiger partial charge in [-0.2, -0.15) is 0 Å². The number of nitrogens with zero attached hydrogens (tertiary/aromatic N) is 3. The zero-order chi connectivity index (χ0) is 17.4. The van der Waals surface area contributed by atoms with Gasteiger partial charge in [0.1, 0.15) is 5.82 Å². The van der Waals surface area contributed by atoms with Crippen LogP contribution in [0.3, 0.4) is 0 Å². The van der Waals surface area contributed by atoms with Gasteiger partial charge < -0.3 is 15.1 Å². The van der Waals surface area contributed by atoms with Gasteiger partial charge in [-0.3, -0.25) is 9.69 Å². The molecular weight excluding hydrogens is 307 g/mol. The minimum absolute atomic E-state index is 0.116. The van der Waals surface area contributed by atoms with Crippen molar-refractivity contribution < 1.29 is 9.18 Å². The predicted molar refractivity (Wildman–Crippen MR) is 95.9 cm³/mol. The van der Waals surface area contributed by atoms with Gasteiger partial charge in [0, 0.05) is 45.7 Å². The molecule has 0 spiro atoms. The maximum absolute atomic E-state index is 13.8. The van der Waals surface area contributed by atoms with Gasteiger partial charge in [0.15, 0.2) is 0 Å². The van der Waals surface area contributed by atoms with E-state index in [2.05, 4.69) is 20.0 Å². The van der Waals surface area contributed by atoms with E-state index in [0.717, 1.165) is 52.2 Å². The van der Waals surface area contributed by atoms with Crippen LogP contribution in [0.15, 0.2) is 24.3 Å². The Morgan fingerprint density at radius 3 is 2.58 bits per heavy atom. The summed E-state index contributed by atoms with van der Waals surface area (Å²) in [5.74, 6) is -0.0478. The minimum atomic E-state index is -0.164. The Morgan fingerprint density at radius 1 is 1.21 bits per heavy atom. The molecule has 2 rings (SSSR count). The maximum atomic E-state index is 13.8. The molecule has 1 aromatic carbocycles. The molecule has 0 bridgehead atoms. The minimum Gasteiger partial charge on any atom is -0.367 e. The first-order chi connectivity index (χ1) is 11.6. The number of para-hydroxylation sites is 1. The molecule has 0 aromatic heterocycles. The summed E-state index contributed by atoms with van der Waals surface area (Å²) in [7, 11) is 4.06. The monoisotopic (exact) mass is 336 g/mol. The number of amides is 1. The van der Waals surface area contributed by atoms with Gasteiger partial charge in [-0.05, 0) is 39.2 Å². The zero-order valence-corrected chi connectivity index (χ0v) is 14.8. The first kappa shape index (κ1) is 18.7. The number of rotatable bonds is 8. The van der Waals surface area contributed by atoms with Gasteiger partial charge in [-0.15, -0.1) is 0 Å². The summed E-state index contributed by atoms with van der Waals surface area (Å²) in [6.45, 7) is 5.81. The number of benzene rings is 1. The molecule has 1 N–H and O–H groups in total. The third-order valence-electron chi connectivity index (χ3n) is 4.32. The average Bonchev–Trinajstić information content (AvgIpc) is 2.58. The highest BCUT2D eigenvalue weighted by Gasteiger charge is 2.19. The second-order valence-corrected chi connectivity index (χ2v) is 6.54. The van der Waals surface area contributed by atoms with Crippen LogP contribution in [0.25, 0.3) is 0 Å². The summed E-state index contributed by atoms with van der Waals surface area (Å²) in [5.41, 5.74) is 0.677. The Kier molecular flexibility index (Phi) is 7.46. The fourth-order valence-corrected chi connectivity index (χ4v) is 2.89. The zero-order valence-electron chi connectivity index (χ0n) is 14.8. The Labute approximate surface area is 144 Å². The lowest BCUT2D eigenvalue weighted by Crippen LogP contribution is -2.47. The van der Waals surface area contributed by atoms with Crippen molar-refractivity contribution in [2.75, 3.05) is 64.8 Å². The van der Waals surface area contributed by atoms with Crippen molar-refractivity contribution in [3.8, 4) is 0 Å². The van der Waals surface area contributed by atoms with Crippen LogP contribution in [0, 0.1) is 5.82 Å². The topological polar surface area (TPSA) is 38.8 Å². The Bertz CT molecular complexity index is 515. The van der Waals surface area contributed by atoms with Gasteiger partial charge in [-0.1, -0.05) is 12.1 Å². The first-order valence-electron chi connectivity index (χ1n) is 8.69. The van der Waals surface area contributed by atoms with Crippen LogP contribution in [-0.2, 0) is 4.79 Å². The van der Waals surface area contributed by atoms with Crippen molar-refractivity contribution in [1.29, 1.82) is 0 Å². The molecule has 0 atom stereocenters. The molecule has 6 heteroatoms. The second kappa shape index (κ2) is 9.59. The van der Waals surface area contributed by atoms with Crippen LogP contribution in [0.4, 0.5) is 10.1 Å². The van der Waals surface area contributed by atoms with E-state index in [0.29, 0.717) is 12.1 Å². The number of anilines is 1. The van der Waals surface area contributed by atoms with E-state index in [1.54, 1.807) is 6.07 Å². The Hall–Kier alpha value is -1.66. The number of halogens is 1. The van der Waals surface area contributed by atoms with Crippen molar-refractivity contribution in [1.82, 2.24) is 15.1 Å². The Balaban J connectivity index is 1.63. The molecule has 0 aliphatic carbocycles. The molecule has 1 aromatic rings. The summed E-state index contributed by atoms with van der Waals surface area (Å²) in [4.78, 5) is 18.3. The molecule has 5 nitrogen and oxygen atoms in total. The highest BCUT2D eigenvalue weighted by atomic mass is 19.1. The average molecular weight is 336 g/mol. The summed E-state index contributed by atoms with van der Waals surface area (Å²) in [6, 6.07) is 6.91. The van der Waals surface area contributed by atoms with Gasteiger partial charge in [-0.25, -0.2) is 4.39 Å². The van der Waals surface area contributed by atoms with E-state index in [-0.39, 0.29) is 11.7 Å². The standard InChI is InChI=1S/C18H29FN4O/c1-21(2)10-5-9-20-18(24)8-11-22-12-14-23(15-13-22)17-7-4-3-6-16(17)19/h3-4,6-7H,5,8-15H2,1-2H3,(H,20,24). The molecule has 1 fully saturated rings. The SMILES string of the molecule is CN(C)CCCNC(=O)CCN1CCN(c2ccccc2F)CC1. The van der Waals surface area contributed by atoms with Crippen molar-refractivity contribution in [2.45, 2.75) is 12.8 Å². The van der Waals surface area contributed by atoms with E-state index >= 15 is 0 Å². The Morgan fingerprint density at radius 2 is 1.92 bits per heavy atom. The van der Waals surface area contributed by atoms with Crippen LogP contribution in [0.1, 0.15) is 12.8 Å². The number of hydrogen-bond acceptors (Lipinski definition) is 4. The highest BCUT2D eigenvalue weighted by molar-refractivity contribution is 5.76. The molecule has 1 heterocycles. The molecule has 0 saturated carbocycles. The van der Waals surface area contributed by atoms with Crippen LogP contribution >= 0.6 is 0 Å². The first-order valence-corrected chi connectivity index (χ1v) is 8.69. The third kappa shape index (κ3) is 6.09. The second-order valence-electron chi connectivity index (χ2n) is 6.54. The van der Waals surface area contributed by atoms with Crippen LogP contribution in [0.5, 0.6) is 0 Å². The van der Waals surface area contributed by atoms with Gasteiger partial charge >= 0.3 is 0 Å². The number of nitrogens with one attached hydrogen (secondary N) is 1. The maximum Gasteiger partial charge on any atom is 0.221 e. The van der Waals surface area contributed by atoms with Gasteiger partial charge in [0.05, 0.1) is 5.69 Å². The molecule has 0 radical (unpaired) electrons. The van der Waals surface area contributed by atoms with E-state index in [1.165, 1.54) is 6.07 Å². The smallest absolute Gasteiger partial charge is 0.221 e. The molecule has 1 aliphatic rings. The van der Waals surface area contributed by atoms with Crippen molar-refractivity contribution in [3.63, 3.8) is 0 Å². The molecule has 1 aliphatic heterocycles. The van der Waals surface area contributed by atoms with E-state index < -0.39 is 0 Å². The lowest BCUT2D eigenvalue weighted by molar-refractivity contribution is -0.121. The number of carbonyl (C=O) groups excluding carboxylic acids is 1. The number of piperazine rings is 1. The summed E-state index contributed by atoms with van der Waals surface area (Å²) in [5, 5.41) is 2.97. The third-order valence-corrected chi connectivity index (χ3v) is 4.32. The lowest BCUT2D eigenvalue weighted by atomic mass is 10.2. The van der Waals surface area contributed by atoms with Crippen LogP contribution < -0.4 is 10.2 Å². The largest absolute Gasteiger partial charge is 0.367 e. The van der Waals surface area contributed by atoms with Crippen molar-refractivity contribution in [3.05, 3.63) is 30.1 Å². The van der Waals surface area contributed by atoms with E-state index in [1.807, 2.05) is 26.2 Å². The van der Waals surface area contributed by atoms with Crippen LogP contribution in [-0.4, -0.2) is 75.6 Å². The van der Waals surface area contributed by atoms with Crippen molar-refractivity contribution >= 4 is 11.6 Å². The summed E-state index contributed by atoms with van der Waals surface area (Å²) in [6.07, 6.45) is 1.50. The fourth-order valence-electron chi connectivity index (χ4n) is 2.89. The highest BCUT2D eigenvalue weighted by Crippen LogP contribution is 2.20. The fraction of sp³-hybridized carbons (Fsp3) is 0.611. The lowest BCUT2D eigenvalue weighted by Gasteiger charge is -2.36. The van der Waals surface area contributed by atoms with Gasteiger partial charge in [0.2, 0.25) is 5.91 Å². The van der Waals surface area contributed by atoms with Crippen molar-refractivity contribution in [2.24, 2.45) is 0 Å². The van der Waals surface area contributed by atoms with Crippen LogP contribution in [0.2, 0.25) is 0 Å². The number of carbonyl (C=O) groups is 1. The summed E-state index contributed by atoms with van der Waals surface area (Å²) < 4.78 is 13.8. The number of hydrogen-bond donors (Lipinski definition) is 1. The molecule has 0 unspecified atom stereocenters. The molecule has 134 valence electrons. The normalized spacial score (nSPS) is 15.8. The summed E-state index contributed by atoms with van der Waals surface area (Å²) >= 11 is 0. The molecule has 1 saturated heterocycles. The van der Waals surface area contributed by atoms with E-state index in [4.69, 9.17) is 0 Å². The van der Waals surface area contributed by atoms with Gasteiger partial charge in [0.25, 0.3) is 0 Å². The molecular formula is C18H29FN4O. The quantitative estimate of drug-likeness (QED) is 0.729.